The van der Waals surface area contributed by atoms with Crippen molar-refractivity contribution < 1.29 is 4.79 Å². The molecular formula is C7H7N5O. The summed E-state index contributed by atoms with van der Waals surface area (Å²) in [6.45, 7) is 0. The van der Waals surface area contributed by atoms with Crippen LogP contribution in [0.3, 0.4) is 0 Å². The van der Waals surface area contributed by atoms with E-state index in [1.807, 2.05) is 0 Å². The number of hydrogen-bond donors (Lipinski definition) is 2. The molecule has 0 radical (unpaired) electrons. The SMILES string of the molecule is NC(=O)C1=NC2=CN=CC=CN2N1. The van der Waals surface area contributed by atoms with Crippen molar-refractivity contribution in [2.45, 2.75) is 0 Å². The molecule has 6 nitrogen and oxygen atoms in total. The summed E-state index contributed by atoms with van der Waals surface area (Å²) in [5.74, 6) is 0.0677. The number of amidine groups is 1. The molecule has 0 spiro atoms. The first-order chi connectivity index (χ1) is 6.27. The maximum absolute atomic E-state index is 10.7. The zero-order chi connectivity index (χ0) is 9.26. The van der Waals surface area contributed by atoms with Crippen LogP contribution in [0.5, 0.6) is 0 Å². The van der Waals surface area contributed by atoms with Gasteiger partial charge >= 0.3 is 0 Å². The minimum absolute atomic E-state index is 0.119. The van der Waals surface area contributed by atoms with E-state index in [1.165, 1.54) is 6.20 Å². The van der Waals surface area contributed by atoms with Crippen molar-refractivity contribution in [1.82, 2.24) is 10.4 Å². The van der Waals surface area contributed by atoms with Crippen molar-refractivity contribution in [3.8, 4) is 0 Å². The number of nitrogens with zero attached hydrogens (tertiary/aromatic N) is 3. The summed E-state index contributed by atoms with van der Waals surface area (Å²) in [4.78, 5) is 18.6. The Kier molecular flexibility index (Phi) is 1.59. The van der Waals surface area contributed by atoms with Gasteiger partial charge in [0.25, 0.3) is 5.91 Å². The number of carbonyl (C=O) groups is 1. The van der Waals surface area contributed by atoms with E-state index in [2.05, 4.69) is 15.4 Å². The van der Waals surface area contributed by atoms with Crippen LogP contribution in [0.15, 0.2) is 34.3 Å². The first kappa shape index (κ1) is 7.53. The number of amides is 1. The van der Waals surface area contributed by atoms with Crippen molar-refractivity contribution in [2.75, 3.05) is 0 Å². The molecule has 0 saturated carbocycles. The number of aliphatic imine (C=N–C) groups is 2. The molecule has 6 heteroatoms. The summed E-state index contributed by atoms with van der Waals surface area (Å²) in [6.07, 6.45) is 6.56. The van der Waals surface area contributed by atoms with E-state index < -0.39 is 5.91 Å². The minimum Gasteiger partial charge on any atom is -0.363 e. The van der Waals surface area contributed by atoms with Crippen LogP contribution < -0.4 is 11.2 Å². The van der Waals surface area contributed by atoms with Crippen molar-refractivity contribution in [3.63, 3.8) is 0 Å². The molecule has 0 atom stereocenters. The van der Waals surface area contributed by atoms with Crippen LogP contribution >= 0.6 is 0 Å². The van der Waals surface area contributed by atoms with Crippen LogP contribution in [-0.2, 0) is 4.79 Å². The lowest BCUT2D eigenvalue weighted by Crippen LogP contribution is -2.38. The Morgan fingerprint density at radius 2 is 2.46 bits per heavy atom. The lowest BCUT2D eigenvalue weighted by Gasteiger charge is -2.11. The normalized spacial score (nSPS) is 18.6. The highest BCUT2D eigenvalue weighted by Crippen LogP contribution is 2.11. The van der Waals surface area contributed by atoms with Crippen molar-refractivity contribution >= 4 is 18.0 Å². The molecule has 1 amide bonds. The number of allylic oxidation sites excluding steroid dienone is 1. The van der Waals surface area contributed by atoms with Crippen LogP contribution in [-0.4, -0.2) is 23.0 Å². The van der Waals surface area contributed by atoms with Gasteiger partial charge in [0, 0.05) is 12.4 Å². The topological polar surface area (TPSA) is 83.1 Å². The largest absolute Gasteiger partial charge is 0.363 e. The molecule has 3 N–H and O–H groups in total. The molecule has 2 aliphatic heterocycles. The third-order valence-electron chi connectivity index (χ3n) is 1.53. The van der Waals surface area contributed by atoms with Gasteiger partial charge in [0.2, 0.25) is 5.84 Å². The zero-order valence-electron chi connectivity index (χ0n) is 6.64. The Bertz CT molecular complexity index is 365. The van der Waals surface area contributed by atoms with E-state index in [0.717, 1.165) is 0 Å². The Balaban J connectivity index is 2.31. The van der Waals surface area contributed by atoms with Crippen molar-refractivity contribution in [3.05, 3.63) is 24.3 Å². The van der Waals surface area contributed by atoms with Crippen LogP contribution in [0.25, 0.3) is 0 Å². The summed E-state index contributed by atoms with van der Waals surface area (Å²) in [7, 11) is 0. The third-order valence-corrected chi connectivity index (χ3v) is 1.53. The van der Waals surface area contributed by atoms with Gasteiger partial charge in [0.05, 0.1) is 6.20 Å². The van der Waals surface area contributed by atoms with Gasteiger partial charge in [-0.1, -0.05) is 0 Å². The van der Waals surface area contributed by atoms with Gasteiger partial charge in [-0.25, -0.2) is 10.0 Å². The second-order valence-corrected chi connectivity index (χ2v) is 2.43. The van der Waals surface area contributed by atoms with Crippen molar-refractivity contribution in [2.24, 2.45) is 15.7 Å². The van der Waals surface area contributed by atoms with Gasteiger partial charge in [-0.3, -0.25) is 15.2 Å². The molecule has 0 aromatic carbocycles. The van der Waals surface area contributed by atoms with Crippen LogP contribution in [0.4, 0.5) is 0 Å². The smallest absolute Gasteiger partial charge is 0.286 e. The summed E-state index contributed by atoms with van der Waals surface area (Å²) in [5, 5.41) is 1.56. The van der Waals surface area contributed by atoms with E-state index in [-0.39, 0.29) is 5.84 Å². The second kappa shape index (κ2) is 2.74. The molecule has 0 aromatic heterocycles. The average molecular weight is 177 g/mol. The molecule has 13 heavy (non-hydrogen) atoms. The minimum atomic E-state index is -0.591. The molecular weight excluding hydrogens is 170 g/mol. The van der Waals surface area contributed by atoms with Gasteiger partial charge in [0.15, 0.2) is 5.82 Å². The molecule has 2 rings (SSSR count). The molecule has 0 saturated heterocycles. The maximum Gasteiger partial charge on any atom is 0.286 e. The number of carbonyl (C=O) groups excluding carboxylic acids is 1. The van der Waals surface area contributed by atoms with E-state index in [1.54, 1.807) is 23.5 Å². The highest BCUT2D eigenvalue weighted by molar-refractivity contribution is 6.37. The fourth-order valence-electron chi connectivity index (χ4n) is 0.964. The van der Waals surface area contributed by atoms with E-state index in [9.17, 15) is 4.79 Å². The third kappa shape index (κ3) is 1.28. The van der Waals surface area contributed by atoms with E-state index in [0.29, 0.717) is 5.82 Å². The van der Waals surface area contributed by atoms with Gasteiger partial charge in [-0.2, -0.15) is 0 Å². The Morgan fingerprint density at radius 1 is 1.62 bits per heavy atom. The molecule has 2 aliphatic rings. The van der Waals surface area contributed by atoms with E-state index in [4.69, 9.17) is 5.73 Å². The molecule has 0 fully saturated rings. The lowest BCUT2D eigenvalue weighted by atomic mass is 10.6. The first-order valence-electron chi connectivity index (χ1n) is 3.62. The number of fused-ring (bicyclic) bond motifs is 1. The monoisotopic (exact) mass is 177 g/mol. The van der Waals surface area contributed by atoms with E-state index >= 15 is 0 Å². The lowest BCUT2D eigenvalue weighted by molar-refractivity contribution is -0.112. The number of hydrazine groups is 1. The second-order valence-electron chi connectivity index (χ2n) is 2.43. The van der Waals surface area contributed by atoms with Crippen LogP contribution in [0, 0.1) is 0 Å². The zero-order valence-corrected chi connectivity index (χ0v) is 6.64. The molecule has 0 aliphatic carbocycles. The number of primary amides is 1. The van der Waals surface area contributed by atoms with Gasteiger partial charge in [-0.15, -0.1) is 0 Å². The standard InChI is InChI=1S/C7H7N5O/c8-6(13)7-10-5-4-9-2-1-3-12(5)11-7/h1-4H,(H2,8,13)(H,10,11). The Hall–Kier alpha value is -2.11. The Morgan fingerprint density at radius 3 is 3.23 bits per heavy atom. The fourth-order valence-corrected chi connectivity index (χ4v) is 0.964. The number of hydrogen-bond acceptors (Lipinski definition) is 5. The quantitative estimate of drug-likeness (QED) is 0.543. The Labute approximate surface area is 74.1 Å². The molecule has 2 heterocycles. The molecule has 66 valence electrons. The summed E-state index contributed by atoms with van der Waals surface area (Å²) in [5.41, 5.74) is 7.75. The predicted molar refractivity (Wildman–Crippen MR) is 47.3 cm³/mol. The van der Waals surface area contributed by atoms with Gasteiger partial charge in [0.1, 0.15) is 0 Å². The molecule has 0 bridgehead atoms. The highest BCUT2D eigenvalue weighted by atomic mass is 16.1. The highest BCUT2D eigenvalue weighted by Gasteiger charge is 2.21. The maximum atomic E-state index is 10.7. The van der Waals surface area contributed by atoms with Gasteiger partial charge in [-0.05, 0) is 6.08 Å². The van der Waals surface area contributed by atoms with Crippen LogP contribution in [0.2, 0.25) is 0 Å². The summed E-state index contributed by atoms with van der Waals surface area (Å²) in [6, 6.07) is 0. The van der Waals surface area contributed by atoms with Crippen molar-refractivity contribution in [1.29, 1.82) is 0 Å². The summed E-state index contributed by atoms with van der Waals surface area (Å²) < 4.78 is 0. The number of rotatable bonds is 1. The number of nitrogens with two attached hydrogens (primary N) is 1. The summed E-state index contributed by atoms with van der Waals surface area (Å²) >= 11 is 0. The molecule has 0 unspecified atom stereocenters. The fraction of sp³-hybridized carbons (Fsp3) is 0. The van der Waals surface area contributed by atoms with Crippen LogP contribution in [0.1, 0.15) is 0 Å². The number of nitrogens with one attached hydrogen (secondary N) is 1. The predicted octanol–water partition coefficient (Wildman–Crippen LogP) is -0.913. The van der Waals surface area contributed by atoms with Gasteiger partial charge < -0.3 is 5.73 Å². The average Bonchev–Trinajstić information content (AvgIpc) is 2.38. The molecule has 0 aromatic rings. The first-order valence-corrected chi connectivity index (χ1v) is 3.62.